The molecule has 1 atom stereocenters. The Morgan fingerprint density at radius 1 is 1.09 bits per heavy atom. The van der Waals surface area contributed by atoms with Gasteiger partial charge in [-0.15, -0.1) is 0 Å². The van der Waals surface area contributed by atoms with Gasteiger partial charge in [-0.2, -0.15) is 4.31 Å². The summed E-state index contributed by atoms with van der Waals surface area (Å²) in [5.41, 5.74) is 5.36. The number of carbonyl (C=O) groups excluding carboxylic acids is 2. The van der Waals surface area contributed by atoms with Crippen molar-refractivity contribution < 1.29 is 22.7 Å². The summed E-state index contributed by atoms with van der Waals surface area (Å²) in [6, 6.07) is 0. The van der Waals surface area contributed by atoms with Crippen LogP contribution in [-0.4, -0.2) is 75.1 Å². The van der Waals surface area contributed by atoms with E-state index in [1.807, 2.05) is 0 Å². The molecule has 2 aliphatic rings. The van der Waals surface area contributed by atoms with Gasteiger partial charge in [0.15, 0.2) is 0 Å². The molecule has 2 amide bonds. The number of rotatable bonds is 3. The van der Waals surface area contributed by atoms with Gasteiger partial charge in [-0.1, -0.05) is 0 Å². The number of sulfonamides is 1. The highest BCUT2D eigenvalue weighted by molar-refractivity contribution is 7.88. The molecule has 0 spiro atoms. The molecule has 2 aliphatic heterocycles. The quantitative estimate of drug-likeness (QED) is 0.684. The Labute approximate surface area is 130 Å². The van der Waals surface area contributed by atoms with Crippen LogP contribution in [0.4, 0.5) is 0 Å². The third-order valence-electron chi connectivity index (χ3n) is 4.24. The smallest absolute Gasteiger partial charge is 0.225 e. The second kappa shape index (κ2) is 6.93. The second-order valence-electron chi connectivity index (χ2n) is 5.89. The van der Waals surface area contributed by atoms with Crippen LogP contribution < -0.4 is 5.73 Å². The number of nitrogens with two attached hydrogens (primary N) is 1. The van der Waals surface area contributed by atoms with Crippen LogP contribution in [0.25, 0.3) is 0 Å². The Morgan fingerprint density at radius 3 is 2.27 bits per heavy atom. The Morgan fingerprint density at radius 2 is 1.73 bits per heavy atom. The molecular weight excluding hydrogens is 310 g/mol. The van der Waals surface area contributed by atoms with E-state index in [2.05, 4.69) is 0 Å². The van der Waals surface area contributed by atoms with E-state index in [9.17, 15) is 18.0 Å². The Bertz CT molecular complexity index is 530. The predicted molar refractivity (Wildman–Crippen MR) is 79.2 cm³/mol. The van der Waals surface area contributed by atoms with Gasteiger partial charge in [0.25, 0.3) is 0 Å². The molecule has 0 aromatic carbocycles. The number of carbonyl (C=O) groups is 2. The normalized spacial score (nSPS) is 25.7. The average molecular weight is 333 g/mol. The Kier molecular flexibility index (Phi) is 5.41. The standard InChI is InChI=1S/C13H23N3O5S/c1-22(19,20)16-5-4-15(8-11(9-16)12(14)17)13(18)10-2-6-21-7-3-10/h10-11H,2-9H2,1H3,(H2,14,17)/t11-/m1/s1. The van der Waals surface area contributed by atoms with E-state index in [4.69, 9.17) is 10.5 Å². The molecule has 2 heterocycles. The zero-order chi connectivity index (χ0) is 16.3. The highest BCUT2D eigenvalue weighted by Gasteiger charge is 2.34. The Hall–Kier alpha value is -1.19. The molecule has 0 aromatic heterocycles. The van der Waals surface area contributed by atoms with Gasteiger partial charge in [0.05, 0.1) is 12.2 Å². The van der Waals surface area contributed by atoms with E-state index in [1.54, 1.807) is 4.90 Å². The second-order valence-corrected chi connectivity index (χ2v) is 7.87. The zero-order valence-corrected chi connectivity index (χ0v) is 13.5. The van der Waals surface area contributed by atoms with Crippen molar-refractivity contribution in [3.63, 3.8) is 0 Å². The number of hydrogen-bond acceptors (Lipinski definition) is 5. The molecule has 2 rings (SSSR count). The first-order chi connectivity index (χ1) is 10.3. The molecule has 9 heteroatoms. The third-order valence-corrected chi connectivity index (χ3v) is 5.51. The predicted octanol–water partition coefficient (Wildman–Crippen LogP) is -1.38. The molecular formula is C13H23N3O5S. The van der Waals surface area contributed by atoms with E-state index in [0.29, 0.717) is 26.1 Å². The highest BCUT2D eigenvalue weighted by atomic mass is 32.2. The molecule has 8 nitrogen and oxygen atoms in total. The molecule has 2 fully saturated rings. The summed E-state index contributed by atoms with van der Waals surface area (Å²) < 4.78 is 30.0. The molecule has 2 N–H and O–H groups in total. The molecule has 0 aromatic rings. The van der Waals surface area contributed by atoms with E-state index in [0.717, 1.165) is 6.26 Å². The maximum Gasteiger partial charge on any atom is 0.225 e. The van der Waals surface area contributed by atoms with Gasteiger partial charge in [-0.05, 0) is 12.8 Å². The molecule has 0 bridgehead atoms. The van der Waals surface area contributed by atoms with Crippen molar-refractivity contribution in [1.82, 2.24) is 9.21 Å². The number of amides is 2. The minimum Gasteiger partial charge on any atom is -0.381 e. The first kappa shape index (κ1) is 17.2. The summed E-state index contributed by atoms with van der Waals surface area (Å²) in [6.45, 7) is 1.80. The first-order valence-corrected chi connectivity index (χ1v) is 9.25. The molecule has 0 saturated carbocycles. The third kappa shape index (κ3) is 4.17. The van der Waals surface area contributed by atoms with Crippen LogP contribution in [0.15, 0.2) is 0 Å². The average Bonchev–Trinajstić information content (AvgIpc) is 2.70. The van der Waals surface area contributed by atoms with Crippen LogP contribution in [0.3, 0.4) is 0 Å². The summed E-state index contributed by atoms with van der Waals surface area (Å²) in [5, 5.41) is 0. The molecule has 0 unspecified atom stereocenters. The minimum atomic E-state index is -3.42. The molecule has 0 radical (unpaired) electrons. The molecule has 2 saturated heterocycles. The lowest BCUT2D eigenvalue weighted by Crippen LogP contribution is -2.43. The topological polar surface area (TPSA) is 110 Å². The van der Waals surface area contributed by atoms with Gasteiger partial charge in [-0.25, -0.2) is 8.42 Å². The summed E-state index contributed by atoms with van der Waals surface area (Å²) >= 11 is 0. The van der Waals surface area contributed by atoms with Crippen molar-refractivity contribution in [2.45, 2.75) is 12.8 Å². The van der Waals surface area contributed by atoms with Crippen LogP contribution >= 0.6 is 0 Å². The van der Waals surface area contributed by atoms with Gasteiger partial charge in [0.1, 0.15) is 0 Å². The monoisotopic (exact) mass is 333 g/mol. The van der Waals surface area contributed by atoms with Gasteiger partial charge in [0, 0.05) is 45.3 Å². The minimum absolute atomic E-state index is 0.0335. The summed E-state index contributed by atoms with van der Waals surface area (Å²) in [5.74, 6) is -1.42. The fraction of sp³-hybridized carbons (Fsp3) is 0.846. The van der Waals surface area contributed by atoms with Crippen LogP contribution in [0.5, 0.6) is 0 Å². The van der Waals surface area contributed by atoms with Crippen molar-refractivity contribution >= 4 is 21.8 Å². The fourth-order valence-electron chi connectivity index (χ4n) is 2.87. The SMILES string of the molecule is CS(=O)(=O)N1CCN(C(=O)C2CCOCC2)C[C@@H](C(N)=O)C1. The van der Waals surface area contributed by atoms with E-state index in [1.165, 1.54) is 4.31 Å². The lowest BCUT2D eigenvalue weighted by molar-refractivity contribution is -0.139. The number of ether oxygens (including phenoxy) is 1. The summed E-state index contributed by atoms with van der Waals surface area (Å²) in [7, 11) is -3.42. The molecule has 126 valence electrons. The van der Waals surface area contributed by atoms with Crippen molar-refractivity contribution in [1.29, 1.82) is 0 Å². The lowest BCUT2D eigenvalue weighted by Gasteiger charge is -2.29. The Balaban J connectivity index is 2.12. The largest absolute Gasteiger partial charge is 0.381 e. The van der Waals surface area contributed by atoms with Gasteiger partial charge in [-0.3, -0.25) is 9.59 Å². The molecule has 0 aliphatic carbocycles. The van der Waals surface area contributed by atoms with Crippen LogP contribution in [0, 0.1) is 11.8 Å². The van der Waals surface area contributed by atoms with Gasteiger partial charge in [0.2, 0.25) is 21.8 Å². The fourth-order valence-corrected chi connectivity index (χ4v) is 3.73. The lowest BCUT2D eigenvalue weighted by atomic mass is 9.98. The number of nitrogens with zero attached hydrogens (tertiary/aromatic N) is 2. The molecule has 22 heavy (non-hydrogen) atoms. The van der Waals surface area contributed by atoms with Crippen molar-refractivity contribution in [3.05, 3.63) is 0 Å². The van der Waals surface area contributed by atoms with E-state index >= 15 is 0 Å². The van der Waals surface area contributed by atoms with E-state index < -0.39 is 21.8 Å². The van der Waals surface area contributed by atoms with Crippen LogP contribution in [-0.2, 0) is 24.3 Å². The van der Waals surface area contributed by atoms with Crippen molar-refractivity contribution in [2.75, 3.05) is 45.6 Å². The number of hydrogen-bond donors (Lipinski definition) is 1. The van der Waals surface area contributed by atoms with Gasteiger partial charge < -0.3 is 15.4 Å². The van der Waals surface area contributed by atoms with Crippen LogP contribution in [0.1, 0.15) is 12.8 Å². The van der Waals surface area contributed by atoms with Gasteiger partial charge >= 0.3 is 0 Å². The van der Waals surface area contributed by atoms with Crippen molar-refractivity contribution in [2.24, 2.45) is 17.6 Å². The van der Waals surface area contributed by atoms with E-state index in [-0.39, 0.29) is 38.0 Å². The summed E-state index contributed by atoms with van der Waals surface area (Å²) in [4.78, 5) is 25.7. The zero-order valence-electron chi connectivity index (χ0n) is 12.7. The van der Waals surface area contributed by atoms with Crippen molar-refractivity contribution in [3.8, 4) is 0 Å². The highest BCUT2D eigenvalue weighted by Crippen LogP contribution is 2.20. The number of primary amides is 1. The summed E-state index contributed by atoms with van der Waals surface area (Å²) in [6.07, 6.45) is 2.42. The maximum absolute atomic E-state index is 12.6. The first-order valence-electron chi connectivity index (χ1n) is 7.40. The maximum atomic E-state index is 12.6. The van der Waals surface area contributed by atoms with Crippen LogP contribution in [0.2, 0.25) is 0 Å².